The summed E-state index contributed by atoms with van der Waals surface area (Å²) in [7, 11) is 0. The van der Waals surface area contributed by atoms with E-state index in [0.29, 0.717) is 6.42 Å². The molecular weight excluding hydrogens is 316 g/mol. The average molecular weight is 336 g/mol. The molecule has 26 heavy (non-hydrogen) atoms. The van der Waals surface area contributed by atoms with Gasteiger partial charge in [0.15, 0.2) is 5.78 Å². The lowest BCUT2D eigenvalue weighted by molar-refractivity contribution is 0.0978. The van der Waals surface area contributed by atoms with Gasteiger partial charge in [-0.15, -0.1) is 0 Å². The van der Waals surface area contributed by atoms with E-state index in [2.05, 4.69) is 54.6 Å². The summed E-state index contributed by atoms with van der Waals surface area (Å²) in [6.45, 7) is 0. The van der Waals surface area contributed by atoms with Gasteiger partial charge in [-0.05, 0) is 21.9 Å². The van der Waals surface area contributed by atoms with Crippen molar-refractivity contribution in [3.8, 4) is 0 Å². The van der Waals surface area contributed by atoms with Gasteiger partial charge in [-0.3, -0.25) is 4.79 Å². The number of hydrogen-bond acceptors (Lipinski definition) is 1. The van der Waals surface area contributed by atoms with Gasteiger partial charge < -0.3 is 0 Å². The van der Waals surface area contributed by atoms with Crippen molar-refractivity contribution in [2.75, 3.05) is 0 Å². The van der Waals surface area contributed by atoms with E-state index in [1.807, 2.05) is 48.5 Å². The van der Waals surface area contributed by atoms with Crippen LogP contribution < -0.4 is 0 Å². The molecule has 0 amide bonds. The second-order valence-electron chi connectivity index (χ2n) is 6.52. The Balaban J connectivity index is 1.80. The van der Waals surface area contributed by atoms with Crippen LogP contribution in [0.15, 0.2) is 103 Å². The SMILES string of the molecule is O=C(C[C@@H](c1ccccc1)c1cccc2ccccc12)c1ccccc1. The third kappa shape index (κ3) is 3.29. The fourth-order valence-electron chi connectivity index (χ4n) is 3.57. The van der Waals surface area contributed by atoms with E-state index in [0.717, 1.165) is 5.56 Å². The van der Waals surface area contributed by atoms with Gasteiger partial charge in [0.25, 0.3) is 0 Å². The Hall–Kier alpha value is -3.19. The van der Waals surface area contributed by atoms with Crippen molar-refractivity contribution in [3.05, 3.63) is 120 Å². The summed E-state index contributed by atoms with van der Waals surface area (Å²) in [4.78, 5) is 12.9. The third-order valence-electron chi connectivity index (χ3n) is 4.89. The zero-order valence-electron chi connectivity index (χ0n) is 14.5. The van der Waals surface area contributed by atoms with Crippen molar-refractivity contribution in [2.24, 2.45) is 0 Å². The molecule has 0 radical (unpaired) electrons. The lowest BCUT2D eigenvalue weighted by Crippen LogP contribution is -2.09. The number of hydrogen-bond donors (Lipinski definition) is 0. The molecule has 1 atom stereocenters. The first kappa shape index (κ1) is 16.3. The molecule has 4 rings (SSSR count). The highest BCUT2D eigenvalue weighted by molar-refractivity contribution is 5.97. The smallest absolute Gasteiger partial charge is 0.163 e. The lowest BCUT2D eigenvalue weighted by Gasteiger charge is -2.19. The molecule has 126 valence electrons. The molecule has 0 heterocycles. The summed E-state index contributed by atoms with van der Waals surface area (Å²) in [5.74, 6) is 0.211. The monoisotopic (exact) mass is 336 g/mol. The Morgan fingerprint density at radius 1 is 0.654 bits per heavy atom. The fraction of sp³-hybridized carbons (Fsp3) is 0.0800. The molecule has 0 saturated heterocycles. The first-order valence-electron chi connectivity index (χ1n) is 8.94. The Labute approximate surface area is 153 Å². The minimum absolute atomic E-state index is 0.0370. The number of rotatable bonds is 5. The van der Waals surface area contributed by atoms with Crippen LogP contribution >= 0.6 is 0 Å². The minimum atomic E-state index is 0.0370. The van der Waals surface area contributed by atoms with Crippen molar-refractivity contribution >= 4 is 16.6 Å². The second-order valence-corrected chi connectivity index (χ2v) is 6.52. The van der Waals surface area contributed by atoms with Gasteiger partial charge in [-0.25, -0.2) is 0 Å². The van der Waals surface area contributed by atoms with Crippen LogP contribution in [0.5, 0.6) is 0 Å². The Morgan fingerprint density at radius 3 is 2.04 bits per heavy atom. The van der Waals surface area contributed by atoms with Crippen LogP contribution in [0.3, 0.4) is 0 Å². The molecule has 4 aromatic carbocycles. The molecule has 0 aliphatic rings. The molecule has 0 unspecified atom stereocenters. The average Bonchev–Trinajstić information content (AvgIpc) is 2.73. The molecule has 0 aromatic heterocycles. The Bertz CT molecular complexity index is 1010. The number of Topliss-reactive ketones (excluding diaryl/α,β-unsaturated/α-hetero) is 1. The van der Waals surface area contributed by atoms with E-state index >= 15 is 0 Å². The molecule has 0 aliphatic heterocycles. The highest BCUT2D eigenvalue weighted by Gasteiger charge is 2.20. The lowest BCUT2D eigenvalue weighted by atomic mass is 9.83. The molecule has 1 heteroatoms. The number of carbonyl (C=O) groups is 1. The van der Waals surface area contributed by atoms with Crippen LogP contribution in [-0.4, -0.2) is 5.78 Å². The van der Waals surface area contributed by atoms with E-state index in [4.69, 9.17) is 0 Å². The number of ketones is 1. The van der Waals surface area contributed by atoms with Gasteiger partial charge in [0.1, 0.15) is 0 Å². The second kappa shape index (κ2) is 7.37. The van der Waals surface area contributed by atoms with Gasteiger partial charge in [-0.2, -0.15) is 0 Å². The highest BCUT2D eigenvalue weighted by Crippen LogP contribution is 2.34. The summed E-state index contributed by atoms with van der Waals surface area (Å²) in [5, 5.41) is 2.42. The predicted molar refractivity (Wildman–Crippen MR) is 108 cm³/mol. The number of carbonyl (C=O) groups excluding carboxylic acids is 1. The molecule has 0 saturated carbocycles. The third-order valence-corrected chi connectivity index (χ3v) is 4.89. The molecule has 0 N–H and O–H groups in total. The topological polar surface area (TPSA) is 17.1 Å². The van der Waals surface area contributed by atoms with Gasteiger partial charge >= 0.3 is 0 Å². The Kier molecular flexibility index (Phi) is 4.61. The summed E-state index contributed by atoms with van der Waals surface area (Å²) in [6, 6.07) is 34.7. The van der Waals surface area contributed by atoms with Crippen LogP contribution in [0.1, 0.15) is 33.8 Å². The number of fused-ring (bicyclic) bond motifs is 1. The van der Waals surface area contributed by atoms with Crippen LogP contribution in [0.4, 0.5) is 0 Å². The normalized spacial score (nSPS) is 12.0. The van der Waals surface area contributed by atoms with Gasteiger partial charge in [0.05, 0.1) is 0 Å². The minimum Gasteiger partial charge on any atom is -0.294 e. The molecule has 0 aliphatic carbocycles. The standard InChI is InChI=1S/C25H20O/c26-25(21-13-5-2-6-14-21)18-24(20-10-3-1-4-11-20)23-17-9-15-19-12-7-8-16-22(19)23/h1-17,24H,18H2/t24-/m0/s1. The van der Waals surface area contributed by atoms with Crippen LogP contribution in [0, 0.1) is 0 Å². The van der Waals surface area contributed by atoms with E-state index in [-0.39, 0.29) is 11.7 Å². The largest absolute Gasteiger partial charge is 0.294 e. The molecule has 0 fully saturated rings. The van der Waals surface area contributed by atoms with Crippen LogP contribution in [0.25, 0.3) is 10.8 Å². The number of benzene rings is 4. The van der Waals surface area contributed by atoms with Gasteiger partial charge in [0, 0.05) is 17.9 Å². The summed E-state index contributed by atoms with van der Waals surface area (Å²) >= 11 is 0. The first-order valence-corrected chi connectivity index (χ1v) is 8.94. The van der Waals surface area contributed by atoms with E-state index in [1.165, 1.54) is 21.9 Å². The van der Waals surface area contributed by atoms with E-state index < -0.39 is 0 Å². The predicted octanol–water partition coefficient (Wildman–Crippen LogP) is 6.24. The molecule has 1 nitrogen and oxygen atoms in total. The maximum Gasteiger partial charge on any atom is 0.163 e. The van der Waals surface area contributed by atoms with E-state index in [1.54, 1.807) is 0 Å². The first-order chi connectivity index (χ1) is 12.8. The molecular formula is C25H20O. The van der Waals surface area contributed by atoms with E-state index in [9.17, 15) is 4.79 Å². The summed E-state index contributed by atoms with van der Waals surface area (Å²) < 4.78 is 0. The fourth-order valence-corrected chi connectivity index (χ4v) is 3.57. The summed E-state index contributed by atoms with van der Waals surface area (Å²) in [5.41, 5.74) is 3.15. The molecule has 0 spiro atoms. The summed E-state index contributed by atoms with van der Waals surface area (Å²) in [6.07, 6.45) is 0.460. The van der Waals surface area contributed by atoms with Crippen molar-refractivity contribution < 1.29 is 4.79 Å². The molecule has 0 bridgehead atoms. The zero-order valence-corrected chi connectivity index (χ0v) is 14.5. The zero-order chi connectivity index (χ0) is 17.8. The van der Waals surface area contributed by atoms with Crippen LogP contribution in [-0.2, 0) is 0 Å². The Morgan fingerprint density at radius 2 is 1.27 bits per heavy atom. The van der Waals surface area contributed by atoms with Crippen molar-refractivity contribution in [1.29, 1.82) is 0 Å². The van der Waals surface area contributed by atoms with Gasteiger partial charge in [-0.1, -0.05) is 103 Å². The highest BCUT2D eigenvalue weighted by atomic mass is 16.1. The van der Waals surface area contributed by atoms with Gasteiger partial charge in [0.2, 0.25) is 0 Å². The van der Waals surface area contributed by atoms with Crippen molar-refractivity contribution in [1.82, 2.24) is 0 Å². The maximum absolute atomic E-state index is 12.9. The van der Waals surface area contributed by atoms with Crippen LogP contribution in [0.2, 0.25) is 0 Å². The van der Waals surface area contributed by atoms with Crippen molar-refractivity contribution in [3.63, 3.8) is 0 Å². The quantitative estimate of drug-likeness (QED) is 0.394. The molecule has 4 aromatic rings. The van der Waals surface area contributed by atoms with Crippen molar-refractivity contribution in [2.45, 2.75) is 12.3 Å². The maximum atomic E-state index is 12.9.